The largest absolute Gasteiger partial charge is 0.493 e. The third kappa shape index (κ3) is 4.85. The predicted octanol–water partition coefficient (Wildman–Crippen LogP) is 2.32. The normalized spacial score (nSPS) is 12.5. The lowest BCUT2D eigenvalue weighted by Gasteiger charge is -2.17. The summed E-state index contributed by atoms with van der Waals surface area (Å²) >= 11 is 0. The number of nitrogens with one attached hydrogen (secondary N) is 1. The van der Waals surface area contributed by atoms with Gasteiger partial charge in [-0.15, -0.1) is 0 Å². The molecule has 0 saturated heterocycles. The van der Waals surface area contributed by atoms with Crippen LogP contribution in [0.15, 0.2) is 23.1 Å². The van der Waals surface area contributed by atoms with Gasteiger partial charge >= 0.3 is 0 Å². The highest BCUT2D eigenvalue weighted by Crippen LogP contribution is 2.31. The van der Waals surface area contributed by atoms with E-state index in [0.717, 1.165) is 19.3 Å². The van der Waals surface area contributed by atoms with E-state index in [1.807, 2.05) is 6.92 Å². The minimum absolute atomic E-state index is 0.0516. The van der Waals surface area contributed by atoms with E-state index in [1.54, 1.807) is 0 Å². The van der Waals surface area contributed by atoms with Crippen molar-refractivity contribution in [3.8, 4) is 11.5 Å². The van der Waals surface area contributed by atoms with Crippen molar-refractivity contribution < 1.29 is 27.9 Å². The number of methoxy groups -OCH3 is 2. The quantitative estimate of drug-likeness (QED) is 0.378. The number of sulfone groups is 1. The second kappa shape index (κ2) is 9.48. The number of hydroxylamine groups is 1. The van der Waals surface area contributed by atoms with Crippen LogP contribution in [-0.4, -0.2) is 39.0 Å². The van der Waals surface area contributed by atoms with Crippen molar-refractivity contribution in [1.82, 2.24) is 5.48 Å². The Bertz CT molecular complexity index is 644. The number of amides is 1. The molecule has 1 amide bonds. The summed E-state index contributed by atoms with van der Waals surface area (Å²) in [4.78, 5) is 11.8. The summed E-state index contributed by atoms with van der Waals surface area (Å²) in [6.07, 6.45) is 3.51. The van der Waals surface area contributed by atoms with Crippen molar-refractivity contribution in [2.45, 2.75) is 49.2 Å². The minimum atomic E-state index is -3.96. The SMILES string of the molecule is CCCCCCC(C(=O)NO)S(=O)(=O)c1ccc(OC)c(OC)c1. The number of rotatable bonds is 10. The standard InChI is InChI=1S/C16H25NO6S/c1-4-5-6-7-8-15(16(18)17-19)24(20,21)12-9-10-13(22-2)14(11-12)23-3/h9-11,15,19H,4-8H2,1-3H3,(H,17,18). The Kier molecular flexibility index (Phi) is 8.00. The van der Waals surface area contributed by atoms with Crippen LogP contribution in [0.1, 0.15) is 39.0 Å². The second-order valence-electron chi connectivity index (χ2n) is 5.38. The summed E-state index contributed by atoms with van der Waals surface area (Å²) in [5.74, 6) is -0.281. The monoisotopic (exact) mass is 359 g/mol. The van der Waals surface area contributed by atoms with Gasteiger partial charge in [0.25, 0.3) is 5.91 Å². The summed E-state index contributed by atoms with van der Waals surface area (Å²) in [5.41, 5.74) is 1.46. The summed E-state index contributed by atoms with van der Waals surface area (Å²) in [7, 11) is -1.12. The fraction of sp³-hybridized carbons (Fsp3) is 0.562. The van der Waals surface area contributed by atoms with Crippen molar-refractivity contribution in [2.75, 3.05) is 14.2 Å². The van der Waals surface area contributed by atoms with Crippen molar-refractivity contribution >= 4 is 15.7 Å². The number of carbonyl (C=O) groups excluding carboxylic acids is 1. The summed E-state index contributed by atoms with van der Waals surface area (Å²) in [5, 5.41) is 7.54. The van der Waals surface area contributed by atoms with Gasteiger partial charge in [-0.2, -0.15) is 0 Å². The summed E-state index contributed by atoms with van der Waals surface area (Å²) < 4.78 is 35.8. The lowest BCUT2D eigenvalue weighted by atomic mass is 10.1. The van der Waals surface area contributed by atoms with Crippen molar-refractivity contribution in [3.05, 3.63) is 18.2 Å². The van der Waals surface area contributed by atoms with Crippen LogP contribution in [0.3, 0.4) is 0 Å². The third-order valence-electron chi connectivity index (χ3n) is 3.78. The molecule has 1 rings (SSSR count). The van der Waals surface area contributed by atoms with Crippen LogP contribution < -0.4 is 15.0 Å². The molecule has 0 aliphatic carbocycles. The second-order valence-corrected chi connectivity index (χ2v) is 7.51. The molecule has 0 fully saturated rings. The van der Waals surface area contributed by atoms with Crippen LogP contribution in [0.2, 0.25) is 0 Å². The first-order chi connectivity index (χ1) is 11.4. The smallest absolute Gasteiger partial charge is 0.262 e. The predicted molar refractivity (Wildman–Crippen MR) is 89.2 cm³/mol. The molecular formula is C16H25NO6S. The molecule has 0 spiro atoms. The molecule has 136 valence electrons. The fourth-order valence-electron chi connectivity index (χ4n) is 2.41. The van der Waals surface area contributed by atoms with Crippen molar-refractivity contribution in [1.29, 1.82) is 0 Å². The molecule has 0 radical (unpaired) electrons. The molecule has 8 heteroatoms. The van der Waals surface area contributed by atoms with Gasteiger partial charge in [0.05, 0.1) is 19.1 Å². The zero-order valence-corrected chi connectivity index (χ0v) is 15.1. The van der Waals surface area contributed by atoms with Gasteiger partial charge in [0, 0.05) is 6.07 Å². The third-order valence-corrected chi connectivity index (χ3v) is 5.89. The van der Waals surface area contributed by atoms with Crippen LogP contribution in [0.4, 0.5) is 0 Å². The van der Waals surface area contributed by atoms with Crippen LogP contribution in [0.25, 0.3) is 0 Å². The van der Waals surface area contributed by atoms with Gasteiger partial charge in [0.2, 0.25) is 0 Å². The molecular weight excluding hydrogens is 334 g/mol. The van der Waals surface area contributed by atoms with E-state index in [-0.39, 0.29) is 17.1 Å². The Morgan fingerprint density at radius 1 is 1.17 bits per heavy atom. The highest BCUT2D eigenvalue weighted by atomic mass is 32.2. The first-order valence-electron chi connectivity index (χ1n) is 7.82. The van der Waals surface area contributed by atoms with E-state index in [2.05, 4.69) is 0 Å². The van der Waals surface area contributed by atoms with Gasteiger partial charge in [-0.25, -0.2) is 13.9 Å². The average Bonchev–Trinajstić information content (AvgIpc) is 2.60. The van der Waals surface area contributed by atoms with Crippen LogP contribution in [0, 0.1) is 0 Å². The zero-order chi connectivity index (χ0) is 18.2. The number of unbranched alkanes of at least 4 members (excludes halogenated alkanes) is 3. The maximum atomic E-state index is 12.8. The van der Waals surface area contributed by atoms with Gasteiger partial charge < -0.3 is 9.47 Å². The van der Waals surface area contributed by atoms with Gasteiger partial charge in [0.15, 0.2) is 21.3 Å². The van der Waals surface area contributed by atoms with Gasteiger partial charge in [-0.1, -0.05) is 32.6 Å². The molecule has 7 nitrogen and oxygen atoms in total. The van der Waals surface area contributed by atoms with E-state index in [1.165, 1.54) is 37.9 Å². The molecule has 0 aliphatic heterocycles. The molecule has 1 unspecified atom stereocenters. The molecule has 1 atom stereocenters. The number of ether oxygens (including phenoxy) is 2. The number of hydrogen-bond acceptors (Lipinski definition) is 6. The molecule has 2 N–H and O–H groups in total. The first kappa shape index (κ1) is 20.2. The maximum Gasteiger partial charge on any atom is 0.262 e. The highest BCUT2D eigenvalue weighted by molar-refractivity contribution is 7.92. The Balaban J connectivity index is 3.13. The number of hydrogen-bond donors (Lipinski definition) is 2. The number of benzene rings is 1. The van der Waals surface area contributed by atoms with E-state index in [9.17, 15) is 13.2 Å². The van der Waals surface area contributed by atoms with E-state index in [0.29, 0.717) is 12.2 Å². The molecule has 0 saturated carbocycles. The maximum absolute atomic E-state index is 12.8. The zero-order valence-electron chi connectivity index (χ0n) is 14.2. The van der Waals surface area contributed by atoms with E-state index in [4.69, 9.17) is 14.7 Å². The fourth-order valence-corrected chi connectivity index (χ4v) is 4.08. The Hall–Kier alpha value is -1.80. The Morgan fingerprint density at radius 3 is 2.38 bits per heavy atom. The van der Waals surface area contributed by atoms with Crippen molar-refractivity contribution in [3.63, 3.8) is 0 Å². The molecule has 0 aliphatic rings. The average molecular weight is 359 g/mol. The molecule has 1 aromatic carbocycles. The summed E-state index contributed by atoms with van der Waals surface area (Å²) in [6.45, 7) is 2.04. The van der Waals surface area contributed by atoms with Crippen LogP contribution >= 0.6 is 0 Å². The lowest BCUT2D eigenvalue weighted by Crippen LogP contribution is -2.38. The number of carbonyl (C=O) groups is 1. The molecule has 24 heavy (non-hydrogen) atoms. The summed E-state index contributed by atoms with van der Waals surface area (Å²) in [6, 6.07) is 4.15. The molecule has 0 heterocycles. The minimum Gasteiger partial charge on any atom is -0.493 e. The van der Waals surface area contributed by atoms with Crippen LogP contribution in [0.5, 0.6) is 11.5 Å². The van der Waals surface area contributed by atoms with Gasteiger partial charge in [-0.3, -0.25) is 10.0 Å². The van der Waals surface area contributed by atoms with Crippen LogP contribution in [-0.2, 0) is 14.6 Å². The van der Waals surface area contributed by atoms with E-state index < -0.39 is 21.0 Å². The first-order valence-corrected chi connectivity index (χ1v) is 9.36. The Labute approximate surface area is 142 Å². The van der Waals surface area contributed by atoms with Crippen molar-refractivity contribution in [2.24, 2.45) is 0 Å². The van der Waals surface area contributed by atoms with Gasteiger partial charge in [0.1, 0.15) is 5.25 Å². The molecule has 0 aromatic heterocycles. The lowest BCUT2D eigenvalue weighted by molar-refractivity contribution is -0.128. The molecule has 1 aromatic rings. The molecule has 0 bridgehead atoms. The topological polar surface area (TPSA) is 102 Å². The Morgan fingerprint density at radius 2 is 1.83 bits per heavy atom. The highest BCUT2D eigenvalue weighted by Gasteiger charge is 2.34. The van der Waals surface area contributed by atoms with E-state index >= 15 is 0 Å². The van der Waals surface area contributed by atoms with Gasteiger partial charge in [-0.05, 0) is 18.6 Å².